The van der Waals surface area contributed by atoms with Crippen LogP contribution < -0.4 is 10.1 Å². The van der Waals surface area contributed by atoms with E-state index < -0.39 is 0 Å². The summed E-state index contributed by atoms with van der Waals surface area (Å²) in [6, 6.07) is 6.01. The lowest BCUT2D eigenvalue weighted by molar-refractivity contribution is 0.148. The summed E-state index contributed by atoms with van der Waals surface area (Å²) in [6.45, 7) is 8.58. The molecule has 1 aromatic rings. The van der Waals surface area contributed by atoms with Gasteiger partial charge in [0.1, 0.15) is 5.75 Å². The van der Waals surface area contributed by atoms with Crippen molar-refractivity contribution in [2.24, 2.45) is 0 Å². The number of nitrogens with zero attached hydrogens (tertiary/aromatic N) is 1. The van der Waals surface area contributed by atoms with Gasteiger partial charge in [0.2, 0.25) is 0 Å². The van der Waals surface area contributed by atoms with Crippen molar-refractivity contribution in [3.63, 3.8) is 0 Å². The van der Waals surface area contributed by atoms with E-state index in [9.17, 15) is 0 Å². The fraction of sp³-hybridized carbons (Fsp3) is 0.571. The molecule has 1 fully saturated rings. The summed E-state index contributed by atoms with van der Waals surface area (Å²) < 4.78 is 5.17. The Bertz CT molecular complexity index is 420. The molecule has 1 N–H and O–H groups in total. The standard InChI is InChI=1S/C14H21ClN2O/c1-14(2)10-17(7-6-16-14)9-11-4-5-13(18-3)12(15)8-11/h4-5,8,16H,6-7,9-10H2,1-3H3. The molecule has 0 saturated carbocycles. The average Bonchev–Trinajstić information content (AvgIpc) is 2.28. The molecule has 0 aliphatic carbocycles. The highest BCUT2D eigenvalue weighted by atomic mass is 35.5. The molecule has 18 heavy (non-hydrogen) atoms. The lowest BCUT2D eigenvalue weighted by Gasteiger charge is -2.39. The summed E-state index contributed by atoms with van der Waals surface area (Å²) in [4.78, 5) is 2.45. The number of hydrogen-bond acceptors (Lipinski definition) is 3. The smallest absolute Gasteiger partial charge is 0.137 e. The van der Waals surface area contributed by atoms with E-state index in [1.165, 1.54) is 5.56 Å². The van der Waals surface area contributed by atoms with Gasteiger partial charge in [0, 0.05) is 31.7 Å². The quantitative estimate of drug-likeness (QED) is 0.912. The Labute approximate surface area is 114 Å². The topological polar surface area (TPSA) is 24.5 Å². The highest BCUT2D eigenvalue weighted by molar-refractivity contribution is 6.32. The van der Waals surface area contributed by atoms with Gasteiger partial charge in [-0.25, -0.2) is 0 Å². The molecule has 100 valence electrons. The van der Waals surface area contributed by atoms with Crippen LogP contribution in [0.3, 0.4) is 0 Å². The van der Waals surface area contributed by atoms with E-state index in [0.29, 0.717) is 5.02 Å². The summed E-state index contributed by atoms with van der Waals surface area (Å²) >= 11 is 6.15. The van der Waals surface area contributed by atoms with Crippen molar-refractivity contribution in [1.82, 2.24) is 10.2 Å². The van der Waals surface area contributed by atoms with Gasteiger partial charge < -0.3 is 10.1 Å². The van der Waals surface area contributed by atoms with E-state index in [1.807, 2.05) is 12.1 Å². The molecule has 0 unspecified atom stereocenters. The van der Waals surface area contributed by atoms with Gasteiger partial charge in [-0.2, -0.15) is 0 Å². The zero-order valence-corrected chi connectivity index (χ0v) is 12.0. The summed E-state index contributed by atoms with van der Waals surface area (Å²) in [5, 5.41) is 4.20. The van der Waals surface area contributed by atoms with Crippen LogP contribution in [0.1, 0.15) is 19.4 Å². The third-order valence-corrected chi connectivity index (χ3v) is 3.57. The van der Waals surface area contributed by atoms with Crippen molar-refractivity contribution < 1.29 is 4.74 Å². The minimum Gasteiger partial charge on any atom is -0.495 e. The first-order valence-electron chi connectivity index (χ1n) is 6.30. The van der Waals surface area contributed by atoms with E-state index >= 15 is 0 Å². The number of ether oxygens (including phenoxy) is 1. The van der Waals surface area contributed by atoms with Gasteiger partial charge in [0.15, 0.2) is 0 Å². The first-order valence-corrected chi connectivity index (χ1v) is 6.68. The van der Waals surface area contributed by atoms with Gasteiger partial charge in [0.25, 0.3) is 0 Å². The number of benzene rings is 1. The molecule has 1 aromatic carbocycles. The summed E-state index contributed by atoms with van der Waals surface area (Å²) in [6.07, 6.45) is 0. The number of piperazine rings is 1. The molecule has 0 amide bonds. The molecule has 0 atom stereocenters. The van der Waals surface area contributed by atoms with Crippen molar-refractivity contribution in [3.05, 3.63) is 28.8 Å². The van der Waals surface area contributed by atoms with E-state index in [-0.39, 0.29) is 5.54 Å². The van der Waals surface area contributed by atoms with Gasteiger partial charge in [0.05, 0.1) is 12.1 Å². The average molecular weight is 269 g/mol. The largest absolute Gasteiger partial charge is 0.495 e. The molecular weight excluding hydrogens is 248 g/mol. The van der Waals surface area contributed by atoms with Crippen molar-refractivity contribution in [3.8, 4) is 5.75 Å². The lowest BCUT2D eigenvalue weighted by atomic mass is 10.0. The van der Waals surface area contributed by atoms with Crippen LogP contribution in [0.15, 0.2) is 18.2 Å². The summed E-state index contributed by atoms with van der Waals surface area (Å²) in [7, 11) is 1.64. The predicted octanol–water partition coefficient (Wildman–Crippen LogP) is 2.53. The van der Waals surface area contributed by atoms with Crippen molar-refractivity contribution >= 4 is 11.6 Å². The van der Waals surface area contributed by atoms with Crippen molar-refractivity contribution in [1.29, 1.82) is 0 Å². The molecule has 0 aromatic heterocycles. The Kier molecular flexibility index (Phi) is 4.15. The Morgan fingerprint density at radius 1 is 1.44 bits per heavy atom. The molecular formula is C14H21ClN2O. The molecule has 0 bridgehead atoms. The van der Waals surface area contributed by atoms with E-state index in [1.54, 1.807) is 7.11 Å². The SMILES string of the molecule is COc1ccc(CN2CCNC(C)(C)C2)cc1Cl. The zero-order chi connectivity index (χ0) is 13.2. The number of rotatable bonds is 3. The molecule has 4 heteroatoms. The fourth-order valence-corrected chi connectivity index (χ4v) is 2.73. The maximum absolute atomic E-state index is 6.15. The summed E-state index contributed by atoms with van der Waals surface area (Å²) in [5.74, 6) is 0.737. The van der Waals surface area contributed by atoms with E-state index in [0.717, 1.165) is 31.9 Å². The molecule has 1 saturated heterocycles. The second-order valence-corrected chi connectivity index (χ2v) is 5.90. The van der Waals surface area contributed by atoms with Crippen molar-refractivity contribution in [2.75, 3.05) is 26.7 Å². The molecule has 1 heterocycles. The number of hydrogen-bond donors (Lipinski definition) is 1. The number of nitrogens with one attached hydrogen (secondary N) is 1. The van der Waals surface area contributed by atoms with Crippen LogP contribution in [-0.2, 0) is 6.54 Å². The van der Waals surface area contributed by atoms with E-state index in [4.69, 9.17) is 16.3 Å². The molecule has 2 rings (SSSR count). The monoisotopic (exact) mass is 268 g/mol. The van der Waals surface area contributed by atoms with Gasteiger partial charge in [-0.1, -0.05) is 17.7 Å². The van der Waals surface area contributed by atoms with Crippen LogP contribution in [0.25, 0.3) is 0 Å². The third-order valence-electron chi connectivity index (χ3n) is 3.27. The number of methoxy groups -OCH3 is 1. The van der Waals surface area contributed by atoms with Gasteiger partial charge >= 0.3 is 0 Å². The van der Waals surface area contributed by atoms with Crippen LogP contribution in [0.5, 0.6) is 5.75 Å². The first kappa shape index (κ1) is 13.7. The highest BCUT2D eigenvalue weighted by Crippen LogP contribution is 2.25. The van der Waals surface area contributed by atoms with Crippen LogP contribution in [-0.4, -0.2) is 37.2 Å². The minimum absolute atomic E-state index is 0.189. The van der Waals surface area contributed by atoms with Gasteiger partial charge in [-0.15, -0.1) is 0 Å². The minimum atomic E-state index is 0.189. The van der Waals surface area contributed by atoms with E-state index in [2.05, 4.69) is 30.1 Å². The Hall–Kier alpha value is -0.770. The van der Waals surface area contributed by atoms with Crippen molar-refractivity contribution in [2.45, 2.75) is 25.9 Å². The fourth-order valence-electron chi connectivity index (χ4n) is 2.45. The number of halogens is 1. The van der Waals surface area contributed by atoms with Crippen LogP contribution in [0.2, 0.25) is 5.02 Å². The van der Waals surface area contributed by atoms with Crippen LogP contribution in [0, 0.1) is 0 Å². The normalized spacial score (nSPS) is 19.8. The third kappa shape index (κ3) is 3.37. The predicted molar refractivity (Wildman–Crippen MR) is 75.4 cm³/mol. The molecule has 0 spiro atoms. The maximum Gasteiger partial charge on any atom is 0.137 e. The highest BCUT2D eigenvalue weighted by Gasteiger charge is 2.25. The van der Waals surface area contributed by atoms with Crippen LogP contribution in [0.4, 0.5) is 0 Å². The molecule has 3 nitrogen and oxygen atoms in total. The first-order chi connectivity index (χ1) is 8.50. The van der Waals surface area contributed by atoms with Crippen LogP contribution >= 0.6 is 11.6 Å². The second kappa shape index (κ2) is 5.47. The Morgan fingerprint density at radius 3 is 2.83 bits per heavy atom. The van der Waals surface area contributed by atoms with Gasteiger partial charge in [-0.3, -0.25) is 4.90 Å². The summed E-state index contributed by atoms with van der Waals surface area (Å²) in [5.41, 5.74) is 1.42. The lowest BCUT2D eigenvalue weighted by Crippen LogP contribution is -2.56. The molecule has 1 aliphatic heterocycles. The molecule has 0 radical (unpaired) electrons. The van der Waals surface area contributed by atoms with Gasteiger partial charge in [-0.05, 0) is 31.5 Å². The second-order valence-electron chi connectivity index (χ2n) is 5.49. The maximum atomic E-state index is 6.15. The Morgan fingerprint density at radius 2 is 2.22 bits per heavy atom. The Balaban J connectivity index is 2.03. The zero-order valence-electron chi connectivity index (χ0n) is 11.3. The molecule has 1 aliphatic rings.